The molecular formula is C20H14ClN3O4S. The number of carbonyl (C=O) groups is 2. The first kappa shape index (κ1) is 20.4. The van der Waals surface area contributed by atoms with E-state index in [-0.39, 0.29) is 16.4 Å². The van der Waals surface area contributed by atoms with Crippen molar-refractivity contribution < 1.29 is 14.5 Å². The fraction of sp³-hybridized carbons (Fsp3) is 0.0500. The molecule has 0 unspecified atom stereocenters. The van der Waals surface area contributed by atoms with Crippen molar-refractivity contribution in [2.45, 2.75) is 6.92 Å². The van der Waals surface area contributed by atoms with Gasteiger partial charge in [-0.15, -0.1) is 0 Å². The number of allylic oxidation sites excluding steroid dienone is 2. The van der Waals surface area contributed by atoms with E-state index >= 15 is 0 Å². The Kier molecular flexibility index (Phi) is 5.86. The Labute approximate surface area is 176 Å². The number of nitro benzene ring substituents is 1. The average Bonchev–Trinajstić information content (AvgIpc) is 2.67. The third-order valence-corrected chi connectivity index (χ3v) is 4.88. The second-order valence-electron chi connectivity index (χ2n) is 6.09. The van der Waals surface area contributed by atoms with E-state index in [0.717, 1.165) is 5.56 Å². The molecule has 0 bridgehead atoms. The normalized spacial score (nSPS) is 15.9. The highest BCUT2D eigenvalue weighted by Gasteiger charge is 2.34. The number of nitrogens with one attached hydrogen (secondary N) is 1. The van der Waals surface area contributed by atoms with Crippen LogP contribution in [0.15, 0.2) is 60.2 Å². The molecule has 0 aliphatic carbocycles. The molecule has 2 amide bonds. The number of nitrogens with zero attached hydrogens (tertiary/aromatic N) is 2. The highest BCUT2D eigenvalue weighted by Crippen LogP contribution is 2.26. The summed E-state index contributed by atoms with van der Waals surface area (Å²) < 4.78 is 0. The number of carbonyl (C=O) groups excluding carboxylic acids is 2. The maximum atomic E-state index is 12.9. The predicted molar refractivity (Wildman–Crippen MR) is 115 cm³/mol. The highest BCUT2D eigenvalue weighted by molar-refractivity contribution is 7.80. The Morgan fingerprint density at radius 1 is 1.21 bits per heavy atom. The van der Waals surface area contributed by atoms with Gasteiger partial charge in [0.15, 0.2) is 5.11 Å². The number of amides is 2. The molecule has 29 heavy (non-hydrogen) atoms. The van der Waals surface area contributed by atoms with E-state index in [1.807, 2.05) is 6.92 Å². The number of aryl methyl sites for hydroxylation is 1. The van der Waals surface area contributed by atoms with Crippen LogP contribution in [0.1, 0.15) is 11.1 Å². The maximum Gasteiger partial charge on any atom is 0.276 e. The lowest BCUT2D eigenvalue weighted by Crippen LogP contribution is -2.54. The fourth-order valence-corrected chi connectivity index (χ4v) is 3.13. The monoisotopic (exact) mass is 427 g/mol. The molecule has 2 aromatic carbocycles. The first-order valence-corrected chi connectivity index (χ1v) is 9.16. The second kappa shape index (κ2) is 8.34. The number of hydrogen-bond acceptors (Lipinski definition) is 5. The minimum atomic E-state index is -0.651. The average molecular weight is 428 g/mol. The summed E-state index contributed by atoms with van der Waals surface area (Å²) in [7, 11) is 0. The lowest BCUT2D eigenvalue weighted by Gasteiger charge is -2.29. The highest BCUT2D eigenvalue weighted by atomic mass is 35.5. The quantitative estimate of drug-likeness (QED) is 0.262. The van der Waals surface area contributed by atoms with Gasteiger partial charge in [0.05, 0.1) is 16.2 Å². The minimum absolute atomic E-state index is 0.0558. The number of halogens is 1. The number of nitro groups is 1. The van der Waals surface area contributed by atoms with Crippen molar-refractivity contribution in [1.29, 1.82) is 0 Å². The van der Waals surface area contributed by atoms with Crippen molar-refractivity contribution in [3.8, 4) is 0 Å². The van der Waals surface area contributed by atoms with Crippen LogP contribution in [0.25, 0.3) is 6.08 Å². The van der Waals surface area contributed by atoms with Crippen LogP contribution < -0.4 is 10.2 Å². The lowest BCUT2D eigenvalue weighted by molar-refractivity contribution is -0.385. The van der Waals surface area contributed by atoms with E-state index in [9.17, 15) is 19.7 Å². The standard InChI is InChI=1S/C20H14ClN3O4S/c1-12-9-10-14(11-16(12)21)23-19(26)15(18(25)22-20(23)29)7-4-6-13-5-2-3-8-17(13)24(27)28/h2-11H,1H3,(H,22,25,29)/b6-4+,15-7+. The van der Waals surface area contributed by atoms with E-state index in [1.54, 1.807) is 36.4 Å². The first-order chi connectivity index (χ1) is 13.8. The number of benzene rings is 2. The zero-order chi connectivity index (χ0) is 21.1. The van der Waals surface area contributed by atoms with Crippen LogP contribution in [-0.2, 0) is 9.59 Å². The van der Waals surface area contributed by atoms with Crippen molar-refractivity contribution in [2.24, 2.45) is 0 Å². The molecule has 1 saturated heterocycles. The van der Waals surface area contributed by atoms with Crippen LogP contribution in [0.2, 0.25) is 5.02 Å². The lowest BCUT2D eigenvalue weighted by atomic mass is 10.1. The largest absolute Gasteiger partial charge is 0.298 e. The molecule has 1 aliphatic rings. The van der Waals surface area contributed by atoms with Crippen molar-refractivity contribution in [1.82, 2.24) is 5.32 Å². The summed E-state index contributed by atoms with van der Waals surface area (Å²) in [5.74, 6) is -1.27. The van der Waals surface area contributed by atoms with Crippen molar-refractivity contribution in [3.63, 3.8) is 0 Å². The molecule has 0 radical (unpaired) electrons. The molecule has 3 rings (SSSR count). The van der Waals surface area contributed by atoms with E-state index in [4.69, 9.17) is 23.8 Å². The Morgan fingerprint density at radius 2 is 1.93 bits per heavy atom. The molecule has 0 aromatic heterocycles. The number of hydrogen-bond donors (Lipinski definition) is 1. The zero-order valence-electron chi connectivity index (χ0n) is 15.1. The minimum Gasteiger partial charge on any atom is -0.298 e. The van der Waals surface area contributed by atoms with Gasteiger partial charge in [-0.1, -0.05) is 35.9 Å². The Morgan fingerprint density at radius 3 is 2.62 bits per heavy atom. The molecule has 1 N–H and O–H groups in total. The molecule has 0 atom stereocenters. The third kappa shape index (κ3) is 4.23. The van der Waals surface area contributed by atoms with Crippen LogP contribution in [0.4, 0.5) is 11.4 Å². The molecule has 9 heteroatoms. The van der Waals surface area contributed by atoms with Crippen LogP contribution in [-0.4, -0.2) is 21.9 Å². The van der Waals surface area contributed by atoms with E-state index < -0.39 is 16.7 Å². The summed E-state index contributed by atoms with van der Waals surface area (Å²) in [5.41, 5.74) is 1.35. The Hall–Kier alpha value is -3.36. The molecule has 1 heterocycles. The van der Waals surface area contributed by atoms with Gasteiger partial charge >= 0.3 is 0 Å². The third-order valence-electron chi connectivity index (χ3n) is 4.19. The van der Waals surface area contributed by atoms with Crippen LogP contribution in [0, 0.1) is 17.0 Å². The number of para-hydroxylation sites is 1. The van der Waals surface area contributed by atoms with Gasteiger partial charge in [-0.3, -0.25) is 29.9 Å². The smallest absolute Gasteiger partial charge is 0.276 e. The molecule has 0 spiro atoms. The fourth-order valence-electron chi connectivity index (χ4n) is 2.68. The van der Waals surface area contributed by atoms with Gasteiger partial charge in [0.25, 0.3) is 17.5 Å². The molecule has 1 aliphatic heterocycles. The molecule has 1 fully saturated rings. The summed E-state index contributed by atoms with van der Waals surface area (Å²) in [4.78, 5) is 36.9. The first-order valence-electron chi connectivity index (χ1n) is 8.37. The molecule has 146 valence electrons. The molecule has 0 saturated carbocycles. The summed E-state index contributed by atoms with van der Waals surface area (Å²) in [5, 5.41) is 13.9. The van der Waals surface area contributed by atoms with Gasteiger partial charge in [0.1, 0.15) is 5.57 Å². The number of rotatable bonds is 4. The maximum absolute atomic E-state index is 12.9. The number of thiocarbonyl (C=S) groups is 1. The summed E-state index contributed by atoms with van der Waals surface area (Å²) >= 11 is 11.3. The molecule has 7 nitrogen and oxygen atoms in total. The zero-order valence-corrected chi connectivity index (χ0v) is 16.7. The summed E-state index contributed by atoms with van der Waals surface area (Å²) in [6, 6.07) is 11.1. The van der Waals surface area contributed by atoms with Crippen molar-refractivity contribution >= 4 is 58.2 Å². The van der Waals surface area contributed by atoms with Crippen LogP contribution in [0.5, 0.6) is 0 Å². The van der Waals surface area contributed by atoms with Gasteiger partial charge in [-0.25, -0.2) is 0 Å². The van der Waals surface area contributed by atoms with E-state index in [0.29, 0.717) is 16.3 Å². The molecular weight excluding hydrogens is 414 g/mol. The van der Waals surface area contributed by atoms with Crippen molar-refractivity contribution in [2.75, 3.05) is 4.90 Å². The van der Waals surface area contributed by atoms with Gasteiger partial charge in [0, 0.05) is 11.1 Å². The van der Waals surface area contributed by atoms with Gasteiger partial charge in [-0.2, -0.15) is 0 Å². The molecule has 2 aromatic rings. The van der Waals surface area contributed by atoms with Crippen LogP contribution >= 0.6 is 23.8 Å². The van der Waals surface area contributed by atoms with Crippen molar-refractivity contribution in [3.05, 3.63) is 86.5 Å². The Balaban J connectivity index is 1.93. The summed E-state index contributed by atoms with van der Waals surface area (Å²) in [6.45, 7) is 1.82. The van der Waals surface area contributed by atoms with Gasteiger partial charge < -0.3 is 0 Å². The SMILES string of the molecule is Cc1ccc(N2C(=O)/C(=C/C=C/c3ccccc3[N+](=O)[O-])C(=O)NC2=S)cc1Cl. The second-order valence-corrected chi connectivity index (χ2v) is 6.88. The summed E-state index contributed by atoms with van der Waals surface area (Å²) in [6.07, 6.45) is 4.15. The number of anilines is 1. The van der Waals surface area contributed by atoms with E-state index in [2.05, 4.69) is 5.32 Å². The van der Waals surface area contributed by atoms with E-state index in [1.165, 1.54) is 29.2 Å². The topological polar surface area (TPSA) is 92.6 Å². The predicted octanol–water partition coefficient (Wildman–Crippen LogP) is 3.94. The Bertz CT molecular complexity index is 1110. The van der Waals surface area contributed by atoms with Gasteiger partial charge in [0.2, 0.25) is 0 Å². The van der Waals surface area contributed by atoms with Crippen LogP contribution in [0.3, 0.4) is 0 Å². The van der Waals surface area contributed by atoms with Gasteiger partial charge in [-0.05, 0) is 55.1 Å².